The van der Waals surface area contributed by atoms with Crippen LogP contribution >= 0.6 is 11.8 Å². The Labute approximate surface area is 115 Å². The molecule has 0 amide bonds. The third kappa shape index (κ3) is 2.71. The highest BCUT2D eigenvalue weighted by Crippen LogP contribution is 2.24. The van der Waals surface area contributed by atoms with Gasteiger partial charge in [0.15, 0.2) is 5.76 Å². The van der Waals surface area contributed by atoms with Gasteiger partial charge in [-0.1, -0.05) is 30.3 Å². The Hall–Kier alpha value is -2.00. The molecule has 0 radical (unpaired) electrons. The Morgan fingerprint density at radius 1 is 1.00 bits per heavy atom. The lowest BCUT2D eigenvalue weighted by molar-refractivity contribution is 0.0992. The van der Waals surface area contributed by atoms with E-state index in [1.54, 1.807) is 12.1 Å². The van der Waals surface area contributed by atoms with Crippen LogP contribution in [0.5, 0.6) is 0 Å². The molecule has 3 rings (SSSR count). The van der Waals surface area contributed by atoms with Crippen molar-refractivity contribution in [3.05, 3.63) is 66.6 Å². The largest absolute Gasteiger partial charge is 0.461 e. The van der Waals surface area contributed by atoms with Crippen LogP contribution in [0.2, 0.25) is 0 Å². The van der Waals surface area contributed by atoms with Crippen molar-refractivity contribution >= 4 is 28.3 Å². The van der Waals surface area contributed by atoms with Crippen LogP contribution in [0, 0.1) is 0 Å². The molecule has 0 aliphatic rings. The normalized spacial score (nSPS) is 10.7. The number of thioether (sulfide) groups is 1. The second kappa shape index (κ2) is 5.33. The number of Topliss-reactive ketones (excluding diaryl/α,β-unsaturated/α-hetero) is 1. The molecule has 0 bridgehead atoms. The van der Waals surface area contributed by atoms with E-state index in [0.29, 0.717) is 11.5 Å². The zero-order valence-electron chi connectivity index (χ0n) is 10.2. The molecule has 1 aromatic heterocycles. The van der Waals surface area contributed by atoms with E-state index in [1.165, 1.54) is 28.8 Å². The van der Waals surface area contributed by atoms with Crippen molar-refractivity contribution in [3.8, 4) is 0 Å². The van der Waals surface area contributed by atoms with E-state index in [0.717, 1.165) is 4.90 Å². The number of fused-ring (bicyclic) bond motifs is 1. The highest BCUT2D eigenvalue weighted by molar-refractivity contribution is 8.00. The van der Waals surface area contributed by atoms with Crippen LogP contribution in [0.3, 0.4) is 0 Å². The summed E-state index contributed by atoms with van der Waals surface area (Å²) in [4.78, 5) is 12.9. The number of hydrogen-bond donors (Lipinski definition) is 0. The maximum absolute atomic E-state index is 11.8. The lowest BCUT2D eigenvalue weighted by atomic mass is 10.1. The summed E-state index contributed by atoms with van der Waals surface area (Å²) in [5.41, 5.74) is 0. The third-order valence-electron chi connectivity index (χ3n) is 2.89. The number of rotatable bonds is 4. The van der Waals surface area contributed by atoms with Crippen LogP contribution in [-0.2, 0) is 0 Å². The minimum absolute atomic E-state index is 0.0168. The molecule has 2 nitrogen and oxygen atoms in total. The van der Waals surface area contributed by atoms with Crippen molar-refractivity contribution in [3.63, 3.8) is 0 Å². The van der Waals surface area contributed by atoms with E-state index >= 15 is 0 Å². The van der Waals surface area contributed by atoms with Gasteiger partial charge in [0.05, 0.1) is 12.0 Å². The summed E-state index contributed by atoms with van der Waals surface area (Å²) in [6.07, 6.45) is 1.52. The summed E-state index contributed by atoms with van der Waals surface area (Å²) in [5.74, 6) is 0.836. The average Bonchev–Trinajstić information content (AvgIpc) is 2.99. The zero-order chi connectivity index (χ0) is 13.1. The van der Waals surface area contributed by atoms with Gasteiger partial charge in [0.1, 0.15) is 0 Å². The van der Waals surface area contributed by atoms with Crippen LogP contribution < -0.4 is 0 Å². The van der Waals surface area contributed by atoms with E-state index in [4.69, 9.17) is 4.42 Å². The lowest BCUT2D eigenvalue weighted by Gasteiger charge is -2.02. The molecule has 0 N–H and O–H groups in total. The highest BCUT2D eigenvalue weighted by atomic mass is 32.2. The minimum atomic E-state index is 0.0168. The Bertz CT molecular complexity index is 702. The van der Waals surface area contributed by atoms with Crippen LogP contribution in [0.1, 0.15) is 10.6 Å². The summed E-state index contributed by atoms with van der Waals surface area (Å²) < 4.78 is 5.09. The van der Waals surface area contributed by atoms with Crippen LogP contribution in [-0.4, -0.2) is 11.5 Å². The maximum Gasteiger partial charge on any atom is 0.208 e. The van der Waals surface area contributed by atoms with Crippen molar-refractivity contribution in [2.24, 2.45) is 0 Å². The lowest BCUT2D eigenvalue weighted by Crippen LogP contribution is -2.00. The molecule has 0 fully saturated rings. The fourth-order valence-corrected chi connectivity index (χ4v) is 2.73. The number of furan rings is 1. The number of hydrogen-bond acceptors (Lipinski definition) is 3. The van der Waals surface area contributed by atoms with Crippen molar-refractivity contribution in [2.45, 2.75) is 4.90 Å². The van der Waals surface area contributed by atoms with Crippen molar-refractivity contribution in [2.75, 3.05) is 5.75 Å². The van der Waals surface area contributed by atoms with Gasteiger partial charge >= 0.3 is 0 Å². The Morgan fingerprint density at radius 3 is 2.63 bits per heavy atom. The van der Waals surface area contributed by atoms with Crippen molar-refractivity contribution in [1.82, 2.24) is 0 Å². The molecule has 0 saturated heterocycles. The van der Waals surface area contributed by atoms with E-state index in [9.17, 15) is 4.79 Å². The van der Waals surface area contributed by atoms with Crippen molar-refractivity contribution in [1.29, 1.82) is 0 Å². The van der Waals surface area contributed by atoms with E-state index in [2.05, 4.69) is 24.3 Å². The standard InChI is InChI=1S/C16H12O2S/c17-15(16-6-3-9-18-16)11-19-14-8-7-12-4-1-2-5-13(12)10-14/h1-10H,11H2. The first kappa shape index (κ1) is 12.1. The Morgan fingerprint density at radius 2 is 1.84 bits per heavy atom. The average molecular weight is 268 g/mol. The van der Waals surface area contributed by atoms with E-state index in [1.807, 2.05) is 18.2 Å². The summed E-state index contributed by atoms with van der Waals surface area (Å²) in [7, 11) is 0. The monoisotopic (exact) mass is 268 g/mol. The molecule has 0 saturated carbocycles. The first-order valence-corrected chi connectivity index (χ1v) is 7.00. The molecule has 0 spiro atoms. The molecular formula is C16H12O2S. The molecule has 0 atom stereocenters. The maximum atomic E-state index is 11.8. The SMILES string of the molecule is O=C(CSc1ccc2ccccc2c1)c1ccco1. The third-order valence-corrected chi connectivity index (χ3v) is 3.88. The van der Waals surface area contributed by atoms with Gasteiger partial charge in [-0.3, -0.25) is 4.79 Å². The summed E-state index contributed by atoms with van der Waals surface area (Å²) >= 11 is 1.53. The first-order chi connectivity index (χ1) is 9.33. The molecule has 1 heterocycles. The smallest absolute Gasteiger partial charge is 0.208 e. The molecule has 3 aromatic rings. The highest BCUT2D eigenvalue weighted by Gasteiger charge is 2.09. The number of carbonyl (C=O) groups is 1. The summed E-state index contributed by atoms with van der Waals surface area (Å²) in [5, 5.41) is 2.40. The Kier molecular flexibility index (Phi) is 3.38. The number of ketones is 1. The quantitative estimate of drug-likeness (QED) is 0.518. The van der Waals surface area contributed by atoms with E-state index < -0.39 is 0 Å². The molecule has 94 valence electrons. The summed E-state index contributed by atoms with van der Waals surface area (Å²) in [6, 6.07) is 17.9. The Balaban J connectivity index is 1.73. The molecular weight excluding hydrogens is 256 g/mol. The molecule has 3 heteroatoms. The molecule has 0 aliphatic carbocycles. The van der Waals surface area contributed by atoms with Gasteiger partial charge in [0.2, 0.25) is 5.78 Å². The van der Waals surface area contributed by atoms with Crippen LogP contribution in [0.25, 0.3) is 10.8 Å². The summed E-state index contributed by atoms with van der Waals surface area (Å²) in [6.45, 7) is 0. The number of carbonyl (C=O) groups excluding carboxylic acids is 1. The van der Waals surface area contributed by atoms with Crippen molar-refractivity contribution < 1.29 is 9.21 Å². The minimum Gasteiger partial charge on any atom is -0.461 e. The zero-order valence-corrected chi connectivity index (χ0v) is 11.0. The van der Waals surface area contributed by atoms with Gasteiger partial charge in [-0.05, 0) is 35.0 Å². The second-order valence-corrected chi connectivity index (χ2v) is 5.25. The molecule has 19 heavy (non-hydrogen) atoms. The van der Waals surface area contributed by atoms with Gasteiger partial charge in [0.25, 0.3) is 0 Å². The molecule has 2 aromatic carbocycles. The predicted octanol–water partition coefficient (Wildman–Crippen LogP) is 4.41. The van der Waals surface area contributed by atoms with Gasteiger partial charge in [-0.15, -0.1) is 11.8 Å². The van der Waals surface area contributed by atoms with Gasteiger partial charge in [-0.25, -0.2) is 0 Å². The molecule has 0 aliphatic heterocycles. The van der Waals surface area contributed by atoms with Gasteiger partial charge < -0.3 is 4.42 Å². The molecule has 0 unspecified atom stereocenters. The van der Waals surface area contributed by atoms with Crippen LogP contribution in [0.15, 0.2) is 70.2 Å². The predicted molar refractivity (Wildman–Crippen MR) is 77.7 cm³/mol. The number of benzene rings is 2. The first-order valence-electron chi connectivity index (χ1n) is 6.01. The fourth-order valence-electron chi connectivity index (χ4n) is 1.91. The van der Waals surface area contributed by atoms with Gasteiger partial charge in [-0.2, -0.15) is 0 Å². The fraction of sp³-hybridized carbons (Fsp3) is 0.0625. The van der Waals surface area contributed by atoms with Crippen LogP contribution in [0.4, 0.5) is 0 Å². The van der Waals surface area contributed by atoms with E-state index in [-0.39, 0.29) is 5.78 Å². The van der Waals surface area contributed by atoms with Gasteiger partial charge in [0, 0.05) is 4.90 Å². The topological polar surface area (TPSA) is 30.2 Å². The second-order valence-electron chi connectivity index (χ2n) is 4.20.